The first-order valence-electron chi connectivity index (χ1n) is 7.89. The highest BCUT2D eigenvalue weighted by atomic mass is 32.1. The van der Waals surface area contributed by atoms with Gasteiger partial charge in [0.25, 0.3) is 5.91 Å². The molecule has 2 aromatic carbocycles. The van der Waals surface area contributed by atoms with Gasteiger partial charge in [0, 0.05) is 4.88 Å². The van der Waals surface area contributed by atoms with Crippen molar-refractivity contribution in [1.29, 1.82) is 0 Å². The predicted octanol–water partition coefficient (Wildman–Crippen LogP) is 4.48. The second-order valence-electron chi connectivity index (χ2n) is 5.67. The molecule has 0 bridgehead atoms. The molecule has 0 aliphatic rings. The van der Waals surface area contributed by atoms with Crippen LogP contribution in [-0.4, -0.2) is 12.5 Å². The molecule has 3 nitrogen and oxygen atoms in total. The number of benzene rings is 2. The third-order valence-corrected chi connectivity index (χ3v) is 4.66. The average Bonchev–Trinajstić information content (AvgIpc) is 3.14. The Hall–Kier alpha value is -2.66. The van der Waals surface area contributed by atoms with Gasteiger partial charge in [0.1, 0.15) is 11.6 Å². The van der Waals surface area contributed by atoms with Gasteiger partial charge >= 0.3 is 0 Å². The van der Waals surface area contributed by atoms with Gasteiger partial charge in [-0.2, -0.15) is 0 Å². The number of rotatable bonds is 6. The summed E-state index contributed by atoms with van der Waals surface area (Å²) >= 11 is 1.59. The van der Waals surface area contributed by atoms with Crippen molar-refractivity contribution >= 4 is 17.2 Å². The number of thiophene rings is 1. The Morgan fingerprint density at radius 3 is 2.48 bits per heavy atom. The van der Waals surface area contributed by atoms with E-state index >= 15 is 0 Å². The lowest BCUT2D eigenvalue weighted by Crippen LogP contribution is -2.32. The normalized spacial score (nSPS) is 11.8. The standard InChI is InChI=1S/C20H18FNO2S/c1-14-4-6-15(7-5-14)20(18-3-2-12-25-18)22-19(23)13-24-17-10-8-16(21)9-11-17/h2-12,20H,13H2,1H3,(H,22,23)/t20-/m1/s1. The summed E-state index contributed by atoms with van der Waals surface area (Å²) in [5, 5.41) is 4.99. The van der Waals surface area contributed by atoms with E-state index in [1.54, 1.807) is 11.3 Å². The summed E-state index contributed by atoms with van der Waals surface area (Å²) in [5.41, 5.74) is 2.18. The summed E-state index contributed by atoms with van der Waals surface area (Å²) < 4.78 is 18.3. The number of nitrogens with one attached hydrogen (secondary N) is 1. The molecule has 1 heterocycles. The van der Waals surface area contributed by atoms with E-state index in [1.165, 1.54) is 29.8 Å². The number of hydrogen-bond donors (Lipinski definition) is 1. The number of carbonyl (C=O) groups excluding carboxylic acids is 1. The molecule has 0 saturated heterocycles. The van der Waals surface area contributed by atoms with Crippen molar-refractivity contribution in [2.24, 2.45) is 0 Å². The van der Waals surface area contributed by atoms with E-state index in [1.807, 2.05) is 48.7 Å². The molecule has 25 heavy (non-hydrogen) atoms. The SMILES string of the molecule is Cc1ccc([C@@H](NC(=O)COc2ccc(F)cc2)c2cccs2)cc1. The largest absolute Gasteiger partial charge is 0.484 e. The van der Waals surface area contributed by atoms with Gasteiger partial charge in [-0.15, -0.1) is 11.3 Å². The molecule has 0 saturated carbocycles. The van der Waals surface area contributed by atoms with Crippen LogP contribution >= 0.6 is 11.3 Å². The molecule has 0 aliphatic heterocycles. The third-order valence-electron chi connectivity index (χ3n) is 3.73. The molecule has 0 fully saturated rings. The Labute approximate surface area is 150 Å². The maximum atomic E-state index is 12.9. The molecule has 1 N–H and O–H groups in total. The lowest BCUT2D eigenvalue weighted by molar-refractivity contribution is -0.123. The van der Waals surface area contributed by atoms with Crippen molar-refractivity contribution in [2.75, 3.05) is 6.61 Å². The second-order valence-corrected chi connectivity index (χ2v) is 6.65. The summed E-state index contributed by atoms with van der Waals surface area (Å²) in [6.07, 6.45) is 0. The van der Waals surface area contributed by atoms with E-state index in [-0.39, 0.29) is 24.4 Å². The highest BCUT2D eigenvalue weighted by molar-refractivity contribution is 7.10. The van der Waals surface area contributed by atoms with E-state index in [0.29, 0.717) is 5.75 Å². The molecule has 3 aromatic rings. The zero-order chi connectivity index (χ0) is 17.6. The molecule has 0 spiro atoms. The van der Waals surface area contributed by atoms with Gasteiger partial charge in [0.05, 0.1) is 6.04 Å². The van der Waals surface area contributed by atoms with Gasteiger partial charge in [-0.1, -0.05) is 35.9 Å². The number of amides is 1. The van der Waals surface area contributed by atoms with E-state index in [4.69, 9.17) is 4.74 Å². The van der Waals surface area contributed by atoms with E-state index in [2.05, 4.69) is 5.32 Å². The zero-order valence-corrected chi connectivity index (χ0v) is 14.6. The van der Waals surface area contributed by atoms with Crippen molar-refractivity contribution in [2.45, 2.75) is 13.0 Å². The topological polar surface area (TPSA) is 38.3 Å². The summed E-state index contributed by atoms with van der Waals surface area (Å²) in [6, 6.07) is 17.4. The molecule has 1 amide bonds. The Bertz CT molecular complexity index is 814. The molecule has 3 rings (SSSR count). The molecular formula is C20H18FNO2S. The lowest BCUT2D eigenvalue weighted by atomic mass is 10.0. The van der Waals surface area contributed by atoms with Crippen LogP contribution in [0.15, 0.2) is 66.0 Å². The minimum Gasteiger partial charge on any atom is -0.484 e. The Morgan fingerprint density at radius 1 is 1.12 bits per heavy atom. The van der Waals surface area contributed by atoms with Crippen LogP contribution in [-0.2, 0) is 4.79 Å². The molecule has 1 atom stereocenters. The average molecular weight is 355 g/mol. The Kier molecular flexibility index (Phi) is 5.46. The number of ether oxygens (including phenoxy) is 1. The summed E-state index contributed by atoms with van der Waals surface area (Å²) in [5.74, 6) is -0.114. The minimum absolute atomic E-state index is 0.126. The fourth-order valence-electron chi connectivity index (χ4n) is 2.42. The van der Waals surface area contributed by atoms with Crippen molar-refractivity contribution in [1.82, 2.24) is 5.32 Å². The Balaban J connectivity index is 1.68. The number of carbonyl (C=O) groups is 1. The maximum Gasteiger partial charge on any atom is 0.258 e. The maximum absolute atomic E-state index is 12.9. The number of hydrogen-bond acceptors (Lipinski definition) is 3. The molecule has 5 heteroatoms. The fraction of sp³-hybridized carbons (Fsp3) is 0.150. The second kappa shape index (κ2) is 7.94. The molecule has 1 aromatic heterocycles. The van der Waals surface area contributed by atoms with Crippen LogP contribution in [0.5, 0.6) is 5.75 Å². The first-order valence-corrected chi connectivity index (χ1v) is 8.77. The van der Waals surface area contributed by atoms with Gasteiger partial charge in [-0.05, 0) is 48.2 Å². The third kappa shape index (κ3) is 4.67. The van der Waals surface area contributed by atoms with Crippen molar-refractivity contribution in [3.63, 3.8) is 0 Å². The van der Waals surface area contributed by atoms with Crippen molar-refractivity contribution in [3.8, 4) is 5.75 Å². The predicted molar refractivity (Wildman–Crippen MR) is 97.4 cm³/mol. The van der Waals surface area contributed by atoms with E-state index in [0.717, 1.165) is 10.4 Å². The van der Waals surface area contributed by atoms with Crippen molar-refractivity contribution < 1.29 is 13.9 Å². The van der Waals surface area contributed by atoms with Crippen LogP contribution in [0.1, 0.15) is 22.0 Å². The first-order chi connectivity index (χ1) is 12.1. The van der Waals surface area contributed by atoms with E-state index < -0.39 is 0 Å². The van der Waals surface area contributed by atoms with Crippen LogP contribution in [0, 0.1) is 12.7 Å². The molecule has 0 radical (unpaired) electrons. The highest BCUT2D eigenvalue weighted by Crippen LogP contribution is 2.26. The van der Waals surface area contributed by atoms with Crippen LogP contribution in [0.3, 0.4) is 0 Å². The van der Waals surface area contributed by atoms with Gasteiger partial charge in [-0.25, -0.2) is 4.39 Å². The van der Waals surface area contributed by atoms with E-state index in [9.17, 15) is 9.18 Å². The smallest absolute Gasteiger partial charge is 0.258 e. The summed E-state index contributed by atoms with van der Waals surface area (Å²) in [6.45, 7) is 1.90. The van der Waals surface area contributed by atoms with Gasteiger partial charge < -0.3 is 10.1 Å². The zero-order valence-electron chi connectivity index (χ0n) is 13.7. The monoisotopic (exact) mass is 355 g/mol. The first kappa shape index (κ1) is 17.2. The lowest BCUT2D eigenvalue weighted by Gasteiger charge is -2.18. The highest BCUT2D eigenvalue weighted by Gasteiger charge is 2.18. The molecule has 128 valence electrons. The summed E-state index contributed by atoms with van der Waals surface area (Å²) in [4.78, 5) is 13.4. The van der Waals surface area contributed by atoms with Gasteiger partial charge in [-0.3, -0.25) is 4.79 Å². The van der Waals surface area contributed by atoms with Crippen LogP contribution in [0.4, 0.5) is 4.39 Å². The van der Waals surface area contributed by atoms with Crippen LogP contribution < -0.4 is 10.1 Å². The molecular weight excluding hydrogens is 337 g/mol. The number of halogens is 1. The van der Waals surface area contributed by atoms with Gasteiger partial charge in [0.15, 0.2) is 6.61 Å². The van der Waals surface area contributed by atoms with Gasteiger partial charge in [0.2, 0.25) is 0 Å². The van der Waals surface area contributed by atoms with Crippen molar-refractivity contribution in [3.05, 3.63) is 87.9 Å². The minimum atomic E-state index is -0.339. The molecule has 0 unspecified atom stereocenters. The number of aryl methyl sites for hydroxylation is 1. The Morgan fingerprint density at radius 2 is 1.84 bits per heavy atom. The van der Waals surface area contributed by atoms with Crippen LogP contribution in [0.2, 0.25) is 0 Å². The fourth-order valence-corrected chi connectivity index (χ4v) is 3.22. The quantitative estimate of drug-likeness (QED) is 0.708. The van der Waals surface area contributed by atoms with Crippen LogP contribution in [0.25, 0.3) is 0 Å². The summed E-state index contributed by atoms with van der Waals surface area (Å²) in [7, 11) is 0. The molecule has 0 aliphatic carbocycles.